The zero-order valence-electron chi connectivity index (χ0n) is 12.9. The molecule has 1 saturated carbocycles. The number of benzene rings is 1. The Bertz CT molecular complexity index is 438. The summed E-state index contributed by atoms with van der Waals surface area (Å²) in [5, 5.41) is 3.62. The van der Waals surface area contributed by atoms with Crippen LogP contribution >= 0.6 is 12.4 Å². The number of halogens is 1. The molecule has 1 aromatic rings. The van der Waals surface area contributed by atoms with Gasteiger partial charge in [0.05, 0.1) is 7.11 Å². The van der Waals surface area contributed by atoms with Crippen LogP contribution in [0.3, 0.4) is 0 Å². The van der Waals surface area contributed by atoms with E-state index in [1.165, 1.54) is 37.7 Å². The predicted octanol–water partition coefficient (Wildman–Crippen LogP) is 3.23. The van der Waals surface area contributed by atoms with E-state index in [2.05, 4.69) is 28.4 Å². The Balaban J connectivity index is 0.00000161. The van der Waals surface area contributed by atoms with Crippen LogP contribution in [-0.4, -0.2) is 37.2 Å². The van der Waals surface area contributed by atoms with Crippen molar-refractivity contribution in [3.05, 3.63) is 29.8 Å². The third-order valence-corrected chi connectivity index (χ3v) is 4.98. The Hall–Kier alpha value is -0.770. The fourth-order valence-electron chi connectivity index (χ4n) is 3.82. The molecule has 0 unspecified atom stereocenters. The van der Waals surface area contributed by atoms with Gasteiger partial charge in [0.25, 0.3) is 0 Å². The monoisotopic (exact) mass is 310 g/mol. The standard InChI is InChI=1S/C17H26N2O.ClH/c1-20-16-7-5-6-15(12-16)13-19-11-10-18-14-17(19)8-3-2-4-9-17;/h5-7,12,18H,2-4,8-11,13-14H2,1H3;1H. The molecule has 2 fully saturated rings. The van der Waals surface area contributed by atoms with Gasteiger partial charge in [-0.15, -0.1) is 12.4 Å². The van der Waals surface area contributed by atoms with Crippen molar-refractivity contribution in [3.8, 4) is 5.75 Å². The van der Waals surface area contributed by atoms with Crippen LogP contribution in [-0.2, 0) is 6.54 Å². The van der Waals surface area contributed by atoms with Crippen LogP contribution in [0.1, 0.15) is 37.7 Å². The highest BCUT2D eigenvalue weighted by Crippen LogP contribution is 2.35. The Morgan fingerprint density at radius 3 is 2.81 bits per heavy atom. The van der Waals surface area contributed by atoms with Crippen LogP contribution in [0.25, 0.3) is 0 Å². The van der Waals surface area contributed by atoms with Gasteiger partial charge in [-0.25, -0.2) is 0 Å². The predicted molar refractivity (Wildman–Crippen MR) is 89.3 cm³/mol. The Morgan fingerprint density at radius 1 is 1.24 bits per heavy atom. The van der Waals surface area contributed by atoms with Crippen molar-refractivity contribution in [1.29, 1.82) is 0 Å². The summed E-state index contributed by atoms with van der Waals surface area (Å²) in [7, 11) is 1.74. The van der Waals surface area contributed by atoms with Crippen LogP contribution < -0.4 is 10.1 Å². The second kappa shape index (κ2) is 7.48. The summed E-state index contributed by atoms with van der Waals surface area (Å²) >= 11 is 0. The van der Waals surface area contributed by atoms with Gasteiger partial charge in [-0.05, 0) is 30.5 Å². The molecule has 118 valence electrons. The molecule has 1 aliphatic heterocycles. The highest BCUT2D eigenvalue weighted by atomic mass is 35.5. The van der Waals surface area contributed by atoms with Crippen LogP contribution in [0, 0.1) is 0 Å². The molecule has 0 aromatic heterocycles. The largest absolute Gasteiger partial charge is 0.497 e. The van der Waals surface area contributed by atoms with E-state index in [0.717, 1.165) is 31.9 Å². The third kappa shape index (κ3) is 3.71. The number of piperazine rings is 1. The van der Waals surface area contributed by atoms with Crippen molar-refractivity contribution in [2.45, 2.75) is 44.2 Å². The zero-order chi connectivity index (χ0) is 13.8. The topological polar surface area (TPSA) is 24.5 Å². The van der Waals surface area contributed by atoms with E-state index in [-0.39, 0.29) is 12.4 Å². The lowest BCUT2D eigenvalue weighted by Gasteiger charge is -2.50. The lowest BCUT2D eigenvalue weighted by molar-refractivity contribution is 0.0208. The van der Waals surface area contributed by atoms with Crippen LogP contribution in [0.4, 0.5) is 0 Å². The maximum atomic E-state index is 5.35. The summed E-state index contributed by atoms with van der Waals surface area (Å²) in [6.07, 6.45) is 6.88. The fraction of sp³-hybridized carbons (Fsp3) is 0.647. The molecule has 3 nitrogen and oxygen atoms in total. The first-order chi connectivity index (χ1) is 9.82. The van der Waals surface area contributed by atoms with E-state index in [1.807, 2.05) is 6.07 Å². The van der Waals surface area contributed by atoms with E-state index in [4.69, 9.17) is 4.74 Å². The number of hydrogen-bond acceptors (Lipinski definition) is 3. The van der Waals surface area contributed by atoms with E-state index in [0.29, 0.717) is 5.54 Å². The minimum atomic E-state index is 0. The number of methoxy groups -OCH3 is 1. The minimum absolute atomic E-state index is 0. The molecule has 4 heteroatoms. The average Bonchev–Trinajstić information content (AvgIpc) is 2.51. The van der Waals surface area contributed by atoms with E-state index < -0.39 is 0 Å². The van der Waals surface area contributed by atoms with Gasteiger partial charge in [-0.2, -0.15) is 0 Å². The number of nitrogens with zero attached hydrogens (tertiary/aromatic N) is 1. The van der Waals surface area contributed by atoms with Gasteiger partial charge in [0.2, 0.25) is 0 Å². The van der Waals surface area contributed by atoms with Crippen molar-refractivity contribution in [2.75, 3.05) is 26.7 Å². The smallest absolute Gasteiger partial charge is 0.119 e. The molecule has 21 heavy (non-hydrogen) atoms. The molecule has 0 radical (unpaired) electrons. The van der Waals surface area contributed by atoms with Crippen molar-refractivity contribution < 1.29 is 4.74 Å². The number of nitrogens with one attached hydrogen (secondary N) is 1. The fourth-order valence-corrected chi connectivity index (χ4v) is 3.82. The first-order valence-corrected chi connectivity index (χ1v) is 7.91. The molecule has 0 bridgehead atoms. The lowest BCUT2D eigenvalue weighted by Crippen LogP contribution is -2.61. The molecule has 1 aromatic carbocycles. The molecule has 0 amide bonds. The van der Waals surface area contributed by atoms with E-state index >= 15 is 0 Å². The van der Waals surface area contributed by atoms with E-state index in [9.17, 15) is 0 Å². The zero-order valence-corrected chi connectivity index (χ0v) is 13.8. The molecule has 2 aliphatic rings. The molecule has 3 rings (SSSR count). The second-order valence-electron chi connectivity index (χ2n) is 6.23. The van der Waals surface area contributed by atoms with Crippen LogP contribution in [0.2, 0.25) is 0 Å². The normalized spacial score (nSPS) is 21.8. The summed E-state index contributed by atoms with van der Waals surface area (Å²) in [6.45, 7) is 4.50. The first-order valence-electron chi connectivity index (χ1n) is 7.91. The average molecular weight is 311 g/mol. The molecular weight excluding hydrogens is 284 g/mol. The highest BCUT2D eigenvalue weighted by molar-refractivity contribution is 5.85. The van der Waals surface area contributed by atoms with Crippen LogP contribution in [0.5, 0.6) is 5.75 Å². The quantitative estimate of drug-likeness (QED) is 0.927. The first kappa shape index (κ1) is 16.6. The van der Waals surface area contributed by atoms with Gasteiger partial charge in [0.1, 0.15) is 5.75 Å². The minimum Gasteiger partial charge on any atom is -0.497 e. The number of rotatable bonds is 3. The molecule has 1 heterocycles. The number of hydrogen-bond donors (Lipinski definition) is 1. The van der Waals surface area contributed by atoms with Gasteiger partial charge in [-0.1, -0.05) is 31.4 Å². The SMILES string of the molecule is COc1cccc(CN2CCNCC23CCCCC3)c1.Cl. The van der Waals surface area contributed by atoms with Gasteiger partial charge in [0.15, 0.2) is 0 Å². The van der Waals surface area contributed by atoms with Gasteiger partial charge >= 0.3 is 0 Å². The van der Waals surface area contributed by atoms with Crippen molar-refractivity contribution in [2.24, 2.45) is 0 Å². The van der Waals surface area contributed by atoms with Gasteiger partial charge in [-0.3, -0.25) is 4.90 Å². The van der Waals surface area contributed by atoms with Gasteiger partial charge in [0, 0.05) is 31.7 Å². The van der Waals surface area contributed by atoms with Crippen LogP contribution in [0.15, 0.2) is 24.3 Å². The molecule has 1 saturated heterocycles. The number of ether oxygens (including phenoxy) is 1. The highest BCUT2D eigenvalue weighted by Gasteiger charge is 2.39. The lowest BCUT2D eigenvalue weighted by atomic mass is 9.79. The molecule has 1 spiro atoms. The third-order valence-electron chi connectivity index (χ3n) is 4.98. The Kier molecular flexibility index (Phi) is 5.91. The Labute approximate surface area is 134 Å². The molecule has 1 aliphatic carbocycles. The maximum absolute atomic E-state index is 5.35. The van der Waals surface area contributed by atoms with Crippen molar-refractivity contribution >= 4 is 12.4 Å². The van der Waals surface area contributed by atoms with Gasteiger partial charge < -0.3 is 10.1 Å². The summed E-state index contributed by atoms with van der Waals surface area (Å²) < 4.78 is 5.35. The van der Waals surface area contributed by atoms with Crippen molar-refractivity contribution in [1.82, 2.24) is 10.2 Å². The van der Waals surface area contributed by atoms with Crippen molar-refractivity contribution in [3.63, 3.8) is 0 Å². The summed E-state index contributed by atoms with van der Waals surface area (Å²) in [6, 6.07) is 8.53. The molecule has 1 N–H and O–H groups in total. The van der Waals surface area contributed by atoms with E-state index in [1.54, 1.807) is 7.11 Å². The second-order valence-corrected chi connectivity index (χ2v) is 6.23. The maximum Gasteiger partial charge on any atom is 0.119 e. The summed E-state index contributed by atoms with van der Waals surface area (Å²) in [5.74, 6) is 0.968. The molecular formula is C17H27ClN2O. The summed E-state index contributed by atoms with van der Waals surface area (Å²) in [5.41, 5.74) is 1.77. The summed E-state index contributed by atoms with van der Waals surface area (Å²) in [4.78, 5) is 2.72. The molecule has 0 atom stereocenters. The Morgan fingerprint density at radius 2 is 2.05 bits per heavy atom.